The zero-order valence-corrected chi connectivity index (χ0v) is 15.7. The van der Waals surface area contributed by atoms with E-state index in [0.717, 1.165) is 5.56 Å². The molecule has 0 radical (unpaired) electrons. The van der Waals surface area contributed by atoms with Crippen LogP contribution in [-0.4, -0.2) is 39.4 Å². The second-order valence-electron chi connectivity index (χ2n) is 5.56. The summed E-state index contributed by atoms with van der Waals surface area (Å²) in [6.07, 6.45) is 0.270. The zero-order valence-electron chi connectivity index (χ0n) is 14.9. The molecule has 9 heteroatoms. The molecule has 1 N–H and O–H groups in total. The molecule has 0 amide bonds. The van der Waals surface area contributed by atoms with Gasteiger partial charge in [-0.25, -0.2) is 13.1 Å². The van der Waals surface area contributed by atoms with Crippen molar-refractivity contribution in [1.82, 2.24) is 14.9 Å². The number of hydrogen-bond acceptors (Lipinski definition) is 7. The summed E-state index contributed by atoms with van der Waals surface area (Å²) in [5, 5.41) is 7.95. The molecule has 8 nitrogen and oxygen atoms in total. The standard InChI is InChI=1S/C18H19N3O5S/c1-24-14-6-8-16(9-7-14)27(22,23)19-11-10-17-20-21-18(26-17)13-4-3-5-15(12-13)25-2/h3-9,12,19H,10-11H2,1-2H3. The van der Waals surface area contributed by atoms with E-state index in [1.807, 2.05) is 18.2 Å². The number of ether oxygens (including phenoxy) is 2. The Labute approximate surface area is 157 Å². The quantitative estimate of drug-likeness (QED) is 0.630. The molecule has 0 bridgehead atoms. The van der Waals surface area contributed by atoms with Gasteiger partial charge in [0.25, 0.3) is 0 Å². The summed E-state index contributed by atoms with van der Waals surface area (Å²) in [5.41, 5.74) is 0.729. The number of nitrogens with zero attached hydrogens (tertiary/aromatic N) is 2. The Morgan fingerprint density at radius 3 is 2.44 bits per heavy atom. The van der Waals surface area contributed by atoms with Gasteiger partial charge in [-0.15, -0.1) is 10.2 Å². The van der Waals surface area contributed by atoms with Crippen LogP contribution in [0.3, 0.4) is 0 Å². The Morgan fingerprint density at radius 2 is 1.74 bits per heavy atom. The Kier molecular flexibility index (Phi) is 5.72. The van der Waals surface area contributed by atoms with Crippen molar-refractivity contribution in [2.45, 2.75) is 11.3 Å². The van der Waals surface area contributed by atoms with E-state index in [2.05, 4.69) is 14.9 Å². The number of nitrogens with one attached hydrogen (secondary N) is 1. The van der Waals surface area contributed by atoms with E-state index >= 15 is 0 Å². The van der Waals surface area contributed by atoms with Gasteiger partial charge < -0.3 is 13.9 Å². The van der Waals surface area contributed by atoms with Crippen LogP contribution in [0.25, 0.3) is 11.5 Å². The number of benzene rings is 2. The fraction of sp³-hybridized carbons (Fsp3) is 0.222. The minimum atomic E-state index is -3.62. The van der Waals surface area contributed by atoms with Crippen molar-refractivity contribution in [3.8, 4) is 23.0 Å². The van der Waals surface area contributed by atoms with Crippen LogP contribution in [0.4, 0.5) is 0 Å². The largest absolute Gasteiger partial charge is 0.497 e. The van der Waals surface area contributed by atoms with Crippen LogP contribution in [0.5, 0.6) is 11.5 Å². The van der Waals surface area contributed by atoms with Gasteiger partial charge >= 0.3 is 0 Å². The predicted molar refractivity (Wildman–Crippen MR) is 98.2 cm³/mol. The molecule has 0 atom stereocenters. The lowest BCUT2D eigenvalue weighted by Gasteiger charge is -2.06. The van der Waals surface area contributed by atoms with Crippen molar-refractivity contribution in [3.63, 3.8) is 0 Å². The summed E-state index contributed by atoms with van der Waals surface area (Å²) in [4.78, 5) is 0.158. The number of methoxy groups -OCH3 is 2. The Morgan fingerprint density at radius 1 is 1.00 bits per heavy atom. The van der Waals surface area contributed by atoms with E-state index in [1.165, 1.54) is 19.2 Å². The first kappa shape index (κ1) is 18.9. The summed E-state index contributed by atoms with van der Waals surface area (Å²) in [5.74, 6) is 1.96. The van der Waals surface area contributed by atoms with Gasteiger partial charge in [-0.1, -0.05) is 6.07 Å². The maximum absolute atomic E-state index is 12.3. The highest BCUT2D eigenvalue weighted by Crippen LogP contribution is 2.22. The van der Waals surface area contributed by atoms with Crippen molar-refractivity contribution in [3.05, 3.63) is 54.4 Å². The normalized spacial score (nSPS) is 11.3. The molecule has 142 valence electrons. The maximum atomic E-state index is 12.3. The average Bonchev–Trinajstić information content (AvgIpc) is 3.17. The number of hydrogen-bond donors (Lipinski definition) is 1. The SMILES string of the molecule is COc1ccc(S(=O)(=O)NCCc2nnc(-c3cccc(OC)c3)o2)cc1. The number of aromatic nitrogens is 2. The molecule has 0 aliphatic heterocycles. The predicted octanol–water partition coefficient (Wildman–Crippen LogP) is 2.27. The highest BCUT2D eigenvalue weighted by molar-refractivity contribution is 7.89. The highest BCUT2D eigenvalue weighted by atomic mass is 32.2. The van der Waals surface area contributed by atoms with E-state index in [9.17, 15) is 8.42 Å². The summed E-state index contributed by atoms with van der Waals surface area (Å²) >= 11 is 0. The van der Waals surface area contributed by atoms with Crippen LogP contribution in [0.2, 0.25) is 0 Å². The van der Waals surface area contributed by atoms with E-state index in [1.54, 1.807) is 25.3 Å². The first-order chi connectivity index (χ1) is 13.0. The average molecular weight is 389 g/mol. The van der Waals surface area contributed by atoms with Gasteiger partial charge in [0.05, 0.1) is 19.1 Å². The van der Waals surface area contributed by atoms with Crippen LogP contribution in [0.15, 0.2) is 57.8 Å². The van der Waals surface area contributed by atoms with Crippen LogP contribution < -0.4 is 14.2 Å². The van der Waals surface area contributed by atoms with Gasteiger partial charge in [-0.2, -0.15) is 0 Å². The summed E-state index contributed by atoms with van der Waals surface area (Å²) in [6, 6.07) is 13.4. The smallest absolute Gasteiger partial charge is 0.247 e. The third kappa shape index (κ3) is 4.63. The van der Waals surface area contributed by atoms with Crippen molar-refractivity contribution in [2.24, 2.45) is 0 Å². The fourth-order valence-corrected chi connectivity index (χ4v) is 3.39. The highest BCUT2D eigenvalue weighted by Gasteiger charge is 2.15. The maximum Gasteiger partial charge on any atom is 0.247 e. The lowest BCUT2D eigenvalue weighted by molar-refractivity contribution is 0.414. The molecule has 0 aliphatic carbocycles. The van der Waals surface area contributed by atoms with E-state index < -0.39 is 10.0 Å². The molecule has 2 aromatic carbocycles. The molecule has 0 saturated carbocycles. The molecule has 0 spiro atoms. The van der Waals surface area contributed by atoms with E-state index in [4.69, 9.17) is 13.9 Å². The summed E-state index contributed by atoms with van der Waals surface area (Å²) < 4.78 is 42.9. The van der Waals surface area contributed by atoms with Crippen molar-refractivity contribution in [2.75, 3.05) is 20.8 Å². The molecule has 0 aliphatic rings. The van der Waals surface area contributed by atoms with E-state index in [-0.39, 0.29) is 17.9 Å². The molecule has 1 heterocycles. The topological polar surface area (TPSA) is 104 Å². The Balaban J connectivity index is 1.61. The van der Waals surface area contributed by atoms with Crippen LogP contribution in [0.1, 0.15) is 5.89 Å². The second kappa shape index (κ2) is 8.19. The third-order valence-corrected chi connectivity index (χ3v) is 5.26. The lowest BCUT2D eigenvalue weighted by Crippen LogP contribution is -2.26. The van der Waals surface area contributed by atoms with E-state index in [0.29, 0.717) is 23.3 Å². The molecule has 0 fully saturated rings. The fourth-order valence-electron chi connectivity index (χ4n) is 2.36. The van der Waals surface area contributed by atoms with Crippen LogP contribution in [0, 0.1) is 0 Å². The minimum absolute atomic E-state index is 0.133. The molecule has 0 saturated heterocycles. The van der Waals surface area contributed by atoms with Crippen LogP contribution >= 0.6 is 0 Å². The molecule has 27 heavy (non-hydrogen) atoms. The Bertz CT molecular complexity index is 1000. The monoisotopic (exact) mass is 389 g/mol. The van der Waals surface area contributed by atoms with Gasteiger partial charge in [0.1, 0.15) is 11.5 Å². The minimum Gasteiger partial charge on any atom is -0.497 e. The molecular weight excluding hydrogens is 370 g/mol. The van der Waals surface area contributed by atoms with Gasteiger partial charge in [0.15, 0.2) is 0 Å². The molecule has 1 aromatic heterocycles. The van der Waals surface area contributed by atoms with Gasteiger partial charge in [-0.3, -0.25) is 0 Å². The first-order valence-electron chi connectivity index (χ1n) is 8.12. The van der Waals surface area contributed by atoms with Crippen molar-refractivity contribution < 1.29 is 22.3 Å². The Hall–Kier alpha value is -2.91. The molecule has 3 rings (SSSR count). The van der Waals surface area contributed by atoms with Crippen LogP contribution in [-0.2, 0) is 16.4 Å². The third-order valence-electron chi connectivity index (χ3n) is 3.78. The van der Waals surface area contributed by atoms with Gasteiger partial charge in [0.2, 0.25) is 21.8 Å². The van der Waals surface area contributed by atoms with Crippen molar-refractivity contribution in [1.29, 1.82) is 0 Å². The summed E-state index contributed by atoms with van der Waals surface area (Å²) in [7, 11) is -0.525. The second-order valence-corrected chi connectivity index (χ2v) is 7.32. The lowest BCUT2D eigenvalue weighted by atomic mass is 10.2. The number of rotatable bonds is 8. The van der Waals surface area contributed by atoms with Gasteiger partial charge in [0, 0.05) is 18.5 Å². The zero-order chi connectivity index (χ0) is 19.3. The number of sulfonamides is 1. The summed E-state index contributed by atoms with van der Waals surface area (Å²) in [6.45, 7) is 0.133. The molecular formula is C18H19N3O5S. The van der Waals surface area contributed by atoms with Gasteiger partial charge in [-0.05, 0) is 42.5 Å². The molecule has 3 aromatic rings. The van der Waals surface area contributed by atoms with Crippen molar-refractivity contribution >= 4 is 10.0 Å². The first-order valence-corrected chi connectivity index (χ1v) is 9.60. The molecule has 0 unspecified atom stereocenters.